The second-order valence-corrected chi connectivity index (χ2v) is 5.01. The zero-order valence-electron chi connectivity index (χ0n) is 10.0. The van der Waals surface area contributed by atoms with Crippen LogP contribution in [0.3, 0.4) is 0 Å². The van der Waals surface area contributed by atoms with Gasteiger partial charge in [-0.2, -0.15) is 0 Å². The van der Waals surface area contributed by atoms with Crippen molar-refractivity contribution in [1.29, 1.82) is 0 Å². The molecule has 1 aliphatic heterocycles. The zero-order chi connectivity index (χ0) is 12.2. The first-order valence-corrected chi connectivity index (χ1v) is 5.74. The molecule has 1 atom stereocenters. The van der Waals surface area contributed by atoms with E-state index >= 15 is 0 Å². The van der Waals surface area contributed by atoms with Crippen molar-refractivity contribution >= 4 is 11.8 Å². The van der Waals surface area contributed by atoms with E-state index in [1.807, 2.05) is 13.8 Å². The monoisotopic (exact) mass is 227 g/mol. The van der Waals surface area contributed by atoms with E-state index in [1.165, 1.54) is 0 Å². The van der Waals surface area contributed by atoms with E-state index in [1.54, 1.807) is 0 Å². The summed E-state index contributed by atoms with van der Waals surface area (Å²) in [5.74, 6) is -0.332. The number of hydrogen-bond donors (Lipinski definition) is 3. The highest BCUT2D eigenvalue weighted by Gasteiger charge is 2.28. The average Bonchev–Trinajstić information content (AvgIpc) is 2.29. The second kappa shape index (κ2) is 5.30. The van der Waals surface area contributed by atoms with Crippen LogP contribution in [0.5, 0.6) is 0 Å². The number of carbonyl (C=O) groups excluding carboxylic acids is 2. The van der Waals surface area contributed by atoms with Crippen LogP contribution in [0.25, 0.3) is 0 Å². The Labute approximate surface area is 96.1 Å². The first-order chi connectivity index (χ1) is 7.41. The van der Waals surface area contributed by atoms with Gasteiger partial charge in [-0.05, 0) is 33.1 Å². The molecule has 1 aliphatic rings. The summed E-state index contributed by atoms with van der Waals surface area (Å²) in [5, 5.41) is 6.06. The Balaban J connectivity index is 2.56. The lowest BCUT2D eigenvalue weighted by Crippen LogP contribution is -2.53. The third-order valence-electron chi connectivity index (χ3n) is 2.72. The summed E-state index contributed by atoms with van der Waals surface area (Å²) in [4.78, 5) is 22.6. The minimum Gasteiger partial charge on any atom is -0.370 e. The molecule has 0 saturated carbocycles. The van der Waals surface area contributed by atoms with E-state index in [0.29, 0.717) is 0 Å². The lowest BCUT2D eigenvalue weighted by molar-refractivity contribution is -0.124. The SMILES string of the molecule is CC(C)(CC(N)=O)NC1CCCCNC1=O. The highest BCUT2D eigenvalue weighted by atomic mass is 16.2. The number of nitrogens with one attached hydrogen (secondary N) is 2. The Bertz CT molecular complexity index is 276. The third-order valence-corrected chi connectivity index (χ3v) is 2.72. The minimum atomic E-state index is -0.432. The van der Waals surface area contributed by atoms with Crippen LogP contribution in [-0.4, -0.2) is 29.9 Å². The van der Waals surface area contributed by atoms with Gasteiger partial charge in [-0.1, -0.05) is 0 Å². The molecule has 1 saturated heterocycles. The predicted octanol–water partition coefficient (Wildman–Crippen LogP) is -0.101. The number of primary amides is 1. The van der Waals surface area contributed by atoms with Crippen molar-refractivity contribution in [2.24, 2.45) is 5.73 Å². The molecule has 16 heavy (non-hydrogen) atoms. The molecule has 92 valence electrons. The molecule has 4 N–H and O–H groups in total. The fourth-order valence-electron chi connectivity index (χ4n) is 2.04. The van der Waals surface area contributed by atoms with Gasteiger partial charge >= 0.3 is 0 Å². The van der Waals surface area contributed by atoms with Crippen LogP contribution in [-0.2, 0) is 9.59 Å². The van der Waals surface area contributed by atoms with E-state index in [4.69, 9.17) is 5.73 Å². The first kappa shape index (κ1) is 13.0. The van der Waals surface area contributed by atoms with E-state index in [-0.39, 0.29) is 24.3 Å². The van der Waals surface area contributed by atoms with Crippen LogP contribution in [0.15, 0.2) is 0 Å². The molecule has 0 aliphatic carbocycles. The van der Waals surface area contributed by atoms with Gasteiger partial charge in [0.15, 0.2) is 0 Å². The van der Waals surface area contributed by atoms with Crippen molar-refractivity contribution in [3.63, 3.8) is 0 Å². The van der Waals surface area contributed by atoms with Gasteiger partial charge in [0.05, 0.1) is 6.04 Å². The molecule has 1 unspecified atom stereocenters. The van der Waals surface area contributed by atoms with Gasteiger partial charge in [0, 0.05) is 18.5 Å². The van der Waals surface area contributed by atoms with Crippen LogP contribution >= 0.6 is 0 Å². The molecule has 1 fully saturated rings. The van der Waals surface area contributed by atoms with E-state index in [0.717, 1.165) is 25.8 Å². The molecule has 2 amide bonds. The second-order valence-electron chi connectivity index (χ2n) is 5.01. The fraction of sp³-hybridized carbons (Fsp3) is 0.818. The molecule has 1 heterocycles. The molecular formula is C11H21N3O2. The summed E-state index contributed by atoms with van der Waals surface area (Å²) in [5.41, 5.74) is 4.74. The Morgan fingerprint density at radius 1 is 1.56 bits per heavy atom. The molecule has 0 radical (unpaired) electrons. The molecule has 1 rings (SSSR count). The van der Waals surface area contributed by atoms with Crippen LogP contribution in [0, 0.1) is 0 Å². The Kier molecular flexibility index (Phi) is 4.29. The Morgan fingerprint density at radius 2 is 2.25 bits per heavy atom. The summed E-state index contributed by atoms with van der Waals surface area (Å²) < 4.78 is 0. The Hall–Kier alpha value is -1.10. The van der Waals surface area contributed by atoms with Gasteiger partial charge in [-0.3, -0.25) is 9.59 Å². The largest absolute Gasteiger partial charge is 0.370 e. The minimum absolute atomic E-state index is 0.0232. The molecule has 0 aromatic carbocycles. The quantitative estimate of drug-likeness (QED) is 0.627. The molecule has 5 heteroatoms. The van der Waals surface area contributed by atoms with Crippen molar-refractivity contribution in [2.45, 2.75) is 51.1 Å². The summed E-state index contributed by atoms with van der Waals surface area (Å²) in [6.07, 6.45) is 3.08. The van der Waals surface area contributed by atoms with Gasteiger partial charge in [0.25, 0.3) is 0 Å². The highest BCUT2D eigenvalue weighted by Crippen LogP contribution is 2.13. The van der Waals surface area contributed by atoms with Crippen LogP contribution in [0.2, 0.25) is 0 Å². The first-order valence-electron chi connectivity index (χ1n) is 5.74. The fourth-order valence-corrected chi connectivity index (χ4v) is 2.04. The summed E-state index contributed by atoms with van der Waals surface area (Å²) in [7, 11) is 0. The van der Waals surface area contributed by atoms with Crippen molar-refractivity contribution in [3.05, 3.63) is 0 Å². The normalized spacial score (nSPS) is 22.4. The smallest absolute Gasteiger partial charge is 0.237 e. The van der Waals surface area contributed by atoms with Crippen molar-refractivity contribution in [3.8, 4) is 0 Å². The van der Waals surface area contributed by atoms with Gasteiger partial charge in [0.1, 0.15) is 0 Å². The molecule has 0 aromatic heterocycles. The van der Waals surface area contributed by atoms with Crippen LogP contribution < -0.4 is 16.4 Å². The van der Waals surface area contributed by atoms with Gasteiger partial charge < -0.3 is 16.4 Å². The summed E-state index contributed by atoms with van der Waals surface area (Å²) >= 11 is 0. The topological polar surface area (TPSA) is 84.2 Å². The molecule has 0 bridgehead atoms. The van der Waals surface area contributed by atoms with Gasteiger partial charge in [-0.25, -0.2) is 0 Å². The number of rotatable bonds is 4. The molecule has 0 spiro atoms. The Morgan fingerprint density at radius 3 is 2.88 bits per heavy atom. The maximum absolute atomic E-state index is 11.7. The van der Waals surface area contributed by atoms with Crippen molar-refractivity contribution in [1.82, 2.24) is 10.6 Å². The van der Waals surface area contributed by atoms with Crippen molar-refractivity contribution < 1.29 is 9.59 Å². The third kappa shape index (κ3) is 4.18. The molecule has 5 nitrogen and oxygen atoms in total. The summed E-state index contributed by atoms with van der Waals surface area (Å²) in [6, 6.07) is -0.211. The maximum Gasteiger partial charge on any atom is 0.237 e. The van der Waals surface area contributed by atoms with Gasteiger partial charge in [0.2, 0.25) is 11.8 Å². The molecule has 0 aromatic rings. The number of carbonyl (C=O) groups is 2. The number of hydrogen-bond acceptors (Lipinski definition) is 3. The van der Waals surface area contributed by atoms with Gasteiger partial charge in [-0.15, -0.1) is 0 Å². The maximum atomic E-state index is 11.7. The number of amides is 2. The standard InChI is InChI=1S/C11H21N3O2/c1-11(2,7-9(12)15)14-8-5-3-4-6-13-10(8)16/h8,14H,3-7H2,1-2H3,(H2,12,15)(H,13,16). The zero-order valence-corrected chi connectivity index (χ0v) is 10.0. The average molecular weight is 227 g/mol. The predicted molar refractivity (Wildman–Crippen MR) is 61.7 cm³/mol. The highest BCUT2D eigenvalue weighted by molar-refractivity contribution is 5.82. The van der Waals surface area contributed by atoms with E-state index in [2.05, 4.69) is 10.6 Å². The van der Waals surface area contributed by atoms with Crippen LogP contribution in [0.4, 0.5) is 0 Å². The van der Waals surface area contributed by atoms with Crippen LogP contribution in [0.1, 0.15) is 39.5 Å². The van der Waals surface area contributed by atoms with E-state index in [9.17, 15) is 9.59 Å². The molecular weight excluding hydrogens is 206 g/mol. The lowest BCUT2D eigenvalue weighted by atomic mass is 9.97. The van der Waals surface area contributed by atoms with Crippen molar-refractivity contribution in [2.75, 3.05) is 6.54 Å². The van der Waals surface area contributed by atoms with E-state index < -0.39 is 5.54 Å². The number of nitrogens with two attached hydrogens (primary N) is 1. The summed E-state index contributed by atoms with van der Waals surface area (Å²) in [6.45, 7) is 4.51. The lowest BCUT2D eigenvalue weighted by Gasteiger charge is -2.29.